The summed E-state index contributed by atoms with van der Waals surface area (Å²) in [6.45, 7) is 3.73. The Hall–Kier alpha value is -7.30. The first-order chi connectivity index (χ1) is 31.6. The number of phenolic OH excluding ortho intramolecular Hbond substituents is 1. The summed E-state index contributed by atoms with van der Waals surface area (Å²) in [6, 6.07) is 5.30. The SMILES string of the molecule is CC(C)C[C@H](NC(=O)[C@@H]1CCCN1C(=O)[C@H](CCCN=C(N)N)NC(=O)[C@H](Cc1ccc(O)cc1)NC(=O)[C@@H](N)CC(=O)O)C(=O)N[C@@H](CCC(N)=O)C(=O)N[C@@H](Cc1ccccc1)C(N)=O. The molecular weight excluding hydrogens is 873 g/mol. The van der Waals surface area contributed by atoms with Crippen LogP contribution in [0, 0.1) is 5.92 Å². The number of hydrogen-bond acceptors (Lipinski definition) is 12. The zero-order valence-electron chi connectivity index (χ0n) is 37.7. The van der Waals surface area contributed by atoms with Crippen LogP contribution in [0.5, 0.6) is 5.75 Å². The number of aliphatic carboxylic acids is 1. The van der Waals surface area contributed by atoms with E-state index in [1.165, 1.54) is 29.2 Å². The highest BCUT2D eigenvalue weighted by molar-refractivity contribution is 5.98. The maximum atomic E-state index is 14.4. The molecule has 8 amide bonds. The highest BCUT2D eigenvalue weighted by Crippen LogP contribution is 2.21. The van der Waals surface area contributed by atoms with Crippen LogP contribution in [0.1, 0.15) is 76.3 Å². The molecule has 366 valence electrons. The maximum absolute atomic E-state index is 14.4. The summed E-state index contributed by atoms with van der Waals surface area (Å²) in [5.74, 6) is -8.22. The second-order valence-corrected chi connectivity index (χ2v) is 16.7. The molecule has 1 aliphatic heterocycles. The number of nitrogens with zero attached hydrogens (tertiary/aromatic N) is 2. The van der Waals surface area contributed by atoms with E-state index in [1.54, 1.807) is 44.2 Å². The molecular formula is C44H64N12O11. The Kier molecular flexibility index (Phi) is 21.5. The molecule has 1 saturated heterocycles. The van der Waals surface area contributed by atoms with Crippen LogP contribution in [0.3, 0.4) is 0 Å². The monoisotopic (exact) mass is 936 g/mol. The molecule has 7 atom stereocenters. The molecule has 0 spiro atoms. The van der Waals surface area contributed by atoms with Crippen molar-refractivity contribution >= 4 is 59.2 Å². The number of nitrogens with one attached hydrogen (secondary N) is 5. The molecule has 0 saturated carbocycles. The Labute approximate surface area is 387 Å². The summed E-state index contributed by atoms with van der Waals surface area (Å²) >= 11 is 0. The Morgan fingerprint density at radius 3 is 1.88 bits per heavy atom. The summed E-state index contributed by atoms with van der Waals surface area (Å²) in [7, 11) is 0. The fraction of sp³-hybridized carbons (Fsp3) is 0.500. The third-order valence-corrected chi connectivity index (χ3v) is 10.7. The molecule has 1 heterocycles. The smallest absolute Gasteiger partial charge is 0.305 e. The van der Waals surface area contributed by atoms with Gasteiger partial charge in [0.05, 0.1) is 12.5 Å². The number of guanidine groups is 1. The highest BCUT2D eigenvalue weighted by Gasteiger charge is 2.40. The summed E-state index contributed by atoms with van der Waals surface area (Å²) < 4.78 is 0. The summed E-state index contributed by atoms with van der Waals surface area (Å²) in [5.41, 5.74) is 28.9. The number of nitrogens with two attached hydrogens (primary N) is 5. The minimum absolute atomic E-state index is 0.0420. The molecule has 2 aromatic carbocycles. The lowest BCUT2D eigenvalue weighted by molar-refractivity contribution is -0.143. The van der Waals surface area contributed by atoms with Gasteiger partial charge in [-0.2, -0.15) is 0 Å². The van der Waals surface area contributed by atoms with E-state index >= 15 is 0 Å². The molecule has 1 aliphatic rings. The second kappa shape index (κ2) is 26.6. The van der Waals surface area contributed by atoms with Gasteiger partial charge in [-0.15, -0.1) is 0 Å². The summed E-state index contributed by atoms with van der Waals surface area (Å²) in [6.07, 6.45) is -0.678. The Balaban J connectivity index is 1.86. The lowest BCUT2D eigenvalue weighted by Crippen LogP contribution is -2.60. The predicted octanol–water partition coefficient (Wildman–Crippen LogP) is -2.76. The van der Waals surface area contributed by atoms with Crippen LogP contribution in [-0.2, 0) is 56.0 Å². The van der Waals surface area contributed by atoms with E-state index in [1.807, 2.05) is 0 Å². The normalized spacial score (nSPS) is 15.9. The van der Waals surface area contributed by atoms with Gasteiger partial charge in [-0.1, -0.05) is 56.3 Å². The number of hydrogen-bond donors (Lipinski definition) is 12. The topological polar surface area (TPSA) is 400 Å². The molecule has 0 radical (unpaired) electrons. The standard InChI is InChI=1S/C44H64N12O11/c1-24(2)20-32(40(64)51-29(16-17-35(46)58)39(63)53-31(37(47)61)21-25-8-4-3-5-9-25)55-42(66)34-11-7-19-56(34)43(67)30(10-6-18-50-44(48)49)52-41(65)33(22-26-12-14-27(57)15-13-26)54-38(62)28(45)23-36(59)60/h3-5,8-9,12-15,24,28-34,57H,6-7,10-11,16-23,45H2,1-2H3,(H2,46,58)(H2,47,61)(H,51,64)(H,52,65)(H,53,63)(H,54,62)(H,55,66)(H,59,60)(H4,48,49,50)/t28-,29-,30-,31-,32-,33-,34-/m0/s1. The van der Waals surface area contributed by atoms with Crippen molar-refractivity contribution in [3.63, 3.8) is 0 Å². The minimum Gasteiger partial charge on any atom is -0.508 e. The van der Waals surface area contributed by atoms with E-state index in [0.717, 1.165) is 0 Å². The summed E-state index contributed by atoms with van der Waals surface area (Å²) in [4.78, 5) is 124. The third kappa shape index (κ3) is 18.6. The Bertz CT molecular complexity index is 2080. The van der Waals surface area contributed by atoms with Gasteiger partial charge in [0.1, 0.15) is 42.0 Å². The summed E-state index contributed by atoms with van der Waals surface area (Å²) in [5, 5.41) is 32.0. The predicted molar refractivity (Wildman–Crippen MR) is 244 cm³/mol. The molecule has 0 unspecified atom stereocenters. The molecule has 67 heavy (non-hydrogen) atoms. The first-order valence-corrected chi connectivity index (χ1v) is 21.9. The van der Waals surface area contributed by atoms with E-state index in [-0.39, 0.29) is 82.1 Å². The van der Waals surface area contributed by atoms with Crippen LogP contribution in [0.2, 0.25) is 0 Å². The van der Waals surface area contributed by atoms with Crippen LogP contribution in [-0.4, -0.2) is 130 Å². The van der Waals surface area contributed by atoms with Gasteiger partial charge in [0.15, 0.2) is 5.96 Å². The second-order valence-electron chi connectivity index (χ2n) is 16.7. The number of likely N-dealkylation sites (tertiary alicyclic amines) is 1. The van der Waals surface area contributed by atoms with E-state index < -0.39 is 102 Å². The zero-order chi connectivity index (χ0) is 49.8. The number of carboxylic acids is 1. The van der Waals surface area contributed by atoms with Gasteiger partial charge in [-0.05, 0) is 67.7 Å². The van der Waals surface area contributed by atoms with Gasteiger partial charge in [-0.3, -0.25) is 48.1 Å². The molecule has 2 aromatic rings. The lowest BCUT2D eigenvalue weighted by atomic mass is 10.0. The molecule has 23 nitrogen and oxygen atoms in total. The number of aromatic hydroxyl groups is 1. The number of benzene rings is 2. The zero-order valence-corrected chi connectivity index (χ0v) is 37.7. The maximum Gasteiger partial charge on any atom is 0.305 e. The van der Waals surface area contributed by atoms with Crippen molar-refractivity contribution in [1.82, 2.24) is 31.5 Å². The first kappa shape index (κ1) is 54.0. The molecule has 17 N–H and O–H groups in total. The van der Waals surface area contributed by atoms with E-state index in [9.17, 15) is 53.4 Å². The highest BCUT2D eigenvalue weighted by atomic mass is 16.4. The first-order valence-electron chi connectivity index (χ1n) is 21.9. The number of amides is 8. The third-order valence-electron chi connectivity index (χ3n) is 10.7. The van der Waals surface area contributed by atoms with Gasteiger partial charge >= 0.3 is 5.97 Å². The van der Waals surface area contributed by atoms with Crippen molar-refractivity contribution in [1.29, 1.82) is 0 Å². The van der Waals surface area contributed by atoms with Gasteiger partial charge in [0.25, 0.3) is 0 Å². The van der Waals surface area contributed by atoms with Crippen LogP contribution < -0.4 is 55.3 Å². The minimum atomic E-state index is -1.52. The van der Waals surface area contributed by atoms with Crippen molar-refractivity contribution in [2.24, 2.45) is 39.6 Å². The number of rotatable bonds is 27. The van der Waals surface area contributed by atoms with Gasteiger partial charge in [0.2, 0.25) is 47.3 Å². The largest absolute Gasteiger partial charge is 0.508 e. The van der Waals surface area contributed by atoms with Crippen molar-refractivity contribution in [3.8, 4) is 5.75 Å². The number of aliphatic imine (C=N–C) groups is 1. The lowest BCUT2D eigenvalue weighted by Gasteiger charge is -2.31. The average Bonchev–Trinajstić information content (AvgIpc) is 3.76. The van der Waals surface area contributed by atoms with Gasteiger partial charge in [0, 0.05) is 32.4 Å². The Morgan fingerprint density at radius 2 is 1.28 bits per heavy atom. The number of phenols is 1. The van der Waals surface area contributed by atoms with Crippen molar-refractivity contribution in [3.05, 3.63) is 65.7 Å². The van der Waals surface area contributed by atoms with Crippen molar-refractivity contribution < 1.29 is 53.4 Å². The van der Waals surface area contributed by atoms with Crippen LogP contribution in [0.25, 0.3) is 0 Å². The molecule has 0 aliphatic carbocycles. The molecule has 23 heteroatoms. The number of carbonyl (C=O) groups excluding carboxylic acids is 8. The fourth-order valence-electron chi connectivity index (χ4n) is 7.32. The van der Waals surface area contributed by atoms with Crippen LogP contribution in [0.15, 0.2) is 59.6 Å². The van der Waals surface area contributed by atoms with E-state index in [4.69, 9.17) is 28.7 Å². The molecule has 3 rings (SSSR count). The molecule has 0 aromatic heterocycles. The Morgan fingerprint density at radius 1 is 0.716 bits per heavy atom. The number of primary amides is 2. The van der Waals surface area contributed by atoms with Gasteiger partial charge < -0.3 is 70.4 Å². The van der Waals surface area contributed by atoms with Crippen molar-refractivity contribution in [2.45, 2.75) is 120 Å². The van der Waals surface area contributed by atoms with Crippen LogP contribution >= 0.6 is 0 Å². The molecule has 1 fully saturated rings. The van der Waals surface area contributed by atoms with E-state index in [0.29, 0.717) is 17.5 Å². The quantitative estimate of drug-likeness (QED) is 0.0246. The molecule has 0 bridgehead atoms. The average molecular weight is 937 g/mol. The fourth-order valence-corrected chi connectivity index (χ4v) is 7.32. The van der Waals surface area contributed by atoms with Crippen LogP contribution in [0.4, 0.5) is 0 Å². The van der Waals surface area contributed by atoms with Gasteiger partial charge in [-0.25, -0.2) is 0 Å². The number of carboxylic acid groups (broad SMARTS) is 1. The number of carbonyl (C=O) groups is 9. The van der Waals surface area contributed by atoms with E-state index in [2.05, 4.69) is 31.6 Å². The van der Waals surface area contributed by atoms with Crippen molar-refractivity contribution in [2.75, 3.05) is 13.1 Å².